The molecular formula is C19H20ClN3O. The van der Waals surface area contributed by atoms with Gasteiger partial charge in [0.15, 0.2) is 5.58 Å². The summed E-state index contributed by atoms with van der Waals surface area (Å²) in [6, 6.07) is 16.9. The topological polar surface area (TPSA) is 32.5 Å². The van der Waals surface area contributed by atoms with Crippen molar-refractivity contribution < 1.29 is 4.42 Å². The number of oxazole rings is 1. The summed E-state index contributed by atoms with van der Waals surface area (Å²) in [4.78, 5) is 9.33. The minimum absolute atomic E-state index is 0.687. The third kappa shape index (κ3) is 3.40. The van der Waals surface area contributed by atoms with Gasteiger partial charge in [0.2, 0.25) is 0 Å². The molecule has 0 spiro atoms. The van der Waals surface area contributed by atoms with Crippen molar-refractivity contribution in [2.45, 2.75) is 13.0 Å². The van der Waals surface area contributed by atoms with Gasteiger partial charge in [-0.05, 0) is 30.2 Å². The highest BCUT2D eigenvalue weighted by molar-refractivity contribution is 6.31. The van der Waals surface area contributed by atoms with E-state index in [1.54, 1.807) is 0 Å². The molecule has 0 N–H and O–H groups in total. The highest BCUT2D eigenvalue weighted by atomic mass is 35.5. The van der Waals surface area contributed by atoms with E-state index in [1.165, 1.54) is 5.56 Å². The number of anilines is 1. The number of halogens is 1. The summed E-state index contributed by atoms with van der Waals surface area (Å²) in [5, 5.41) is 0.687. The van der Waals surface area contributed by atoms with E-state index in [1.807, 2.05) is 18.2 Å². The van der Waals surface area contributed by atoms with Gasteiger partial charge in [0, 0.05) is 37.7 Å². The van der Waals surface area contributed by atoms with Gasteiger partial charge in [-0.2, -0.15) is 4.98 Å². The summed E-state index contributed by atoms with van der Waals surface area (Å²) < 4.78 is 5.91. The van der Waals surface area contributed by atoms with E-state index >= 15 is 0 Å². The highest BCUT2D eigenvalue weighted by Gasteiger charge is 2.19. The first-order valence-electron chi connectivity index (χ1n) is 8.35. The molecule has 0 atom stereocenters. The van der Waals surface area contributed by atoms with Crippen molar-refractivity contribution in [3.63, 3.8) is 0 Å². The maximum Gasteiger partial charge on any atom is 0.298 e. The Morgan fingerprint density at radius 2 is 1.88 bits per heavy atom. The van der Waals surface area contributed by atoms with Gasteiger partial charge in [0.25, 0.3) is 6.01 Å². The minimum atomic E-state index is 0.687. The van der Waals surface area contributed by atoms with Crippen LogP contribution in [-0.2, 0) is 6.54 Å². The van der Waals surface area contributed by atoms with E-state index < -0.39 is 0 Å². The second-order valence-electron chi connectivity index (χ2n) is 6.21. The Morgan fingerprint density at radius 1 is 1.00 bits per heavy atom. The van der Waals surface area contributed by atoms with Crippen LogP contribution in [0.25, 0.3) is 11.1 Å². The standard InChI is InChI=1S/C19H20ClN3O/c20-16-7-8-18-17(13-16)21-19(24-18)23-10-4-9-22(11-12-23)14-15-5-2-1-3-6-15/h1-3,5-8,13H,4,9-12,14H2. The van der Waals surface area contributed by atoms with Gasteiger partial charge in [-0.3, -0.25) is 4.90 Å². The second kappa shape index (κ2) is 6.83. The molecule has 1 saturated heterocycles. The molecule has 1 aliphatic heterocycles. The Kier molecular flexibility index (Phi) is 4.41. The molecule has 4 nitrogen and oxygen atoms in total. The number of aromatic nitrogens is 1. The zero-order valence-corrected chi connectivity index (χ0v) is 14.2. The van der Waals surface area contributed by atoms with Crippen molar-refractivity contribution in [3.8, 4) is 0 Å². The third-order valence-corrected chi connectivity index (χ3v) is 4.68. The first-order chi connectivity index (χ1) is 11.8. The number of hydrogen-bond acceptors (Lipinski definition) is 4. The fourth-order valence-corrected chi connectivity index (χ4v) is 3.35. The lowest BCUT2D eigenvalue weighted by Gasteiger charge is -2.20. The van der Waals surface area contributed by atoms with Crippen LogP contribution in [-0.4, -0.2) is 36.1 Å². The molecule has 0 bridgehead atoms. The van der Waals surface area contributed by atoms with E-state index in [0.717, 1.165) is 50.2 Å². The van der Waals surface area contributed by atoms with Crippen molar-refractivity contribution in [2.24, 2.45) is 0 Å². The van der Waals surface area contributed by atoms with Gasteiger partial charge < -0.3 is 9.32 Å². The van der Waals surface area contributed by atoms with Crippen LogP contribution < -0.4 is 4.90 Å². The van der Waals surface area contributed by atoms with E-state index in [-0.39, 0.29) is 0 Å². The normalized spacial score (nSPS) is 16.5. The van der Waals surface area contributed by atoms with Crippen molar-refractivity contribution in [2.75, 3.05) is 31.1 Å². The van der Waals surface area contributed by atoms with Crippen LogP contribution in [0, 0.1) is 0 Å². The lowest BCUT2D eigenvalue weighted by Crippen LogP contribution is -2.30. The Hall–Kier alpha value is -2.04. The zero-order chi connectivity index (χ0) is 16.4. The van der Waals surface area contributed by atoms with Crippen LogP contribution in [0.4, 0.5) is 6.01 Å². The molecule has 5 heteroatoms. The second-order valence-corrected chi connectivity index (χ2v) is 6.65. The maximum atomic E-state index is 6.03. The lowest BCUT2D eigenvalue weighted by molar-refractivity contribution is 0.285. The predicted molar refractivity (Wildman–Crippen MR) is 97.6 cm³/mol. The van der Waals surface area contributed by atoms with E-state index in [2.05, 4.69) is 45.1 Å². The van der Waals surface area contributed by atoms with E-state index in [9.17, 15) is 0 Å². The van der Waals surface area contributed by atoms with Crippen molar-refractivity contribution in [3.05, 3.63) is 59.1 Å². The summed E-state index contributed by atoms with van der Waals surface area (Å²) in [7, 11) is 0. The molecule has 1 fully saturated rings. The summed E-state index contributed by atoms with van der Waals surface area (Å²) in [6.07, 6.45) is 1.10. The van der Waals surface area contributed by atoms with Crippen LogP contribution in [0.2, 0.25) is 5.02 Å². The molecule has 0 amide bonds. The average Bonchev–Trinajstić information content (AvgIpc) is 2.87. The summed E-state index contributed by atoms with van der Waals surface area (Å²) in [5.74, 6) is 0. The van der Waals surface area contributed by atoms with Crippen LogP contribution in [0.1, 0.15) is 12.0 Å². The molecule has 0 saturated carbocycles. The molecule has 124 valence electrons. The number of benzene rings is 2. The predicted octanol–water partition coefficient (Wildman–Crippen LogP) is 4.19. The number of rotatable bonds is 3. The molecule has 1 aliphatic rings. The van der Waals surface area contributed by atoms with Gasteiger partial charge in [-0.1, -0.05) is 41.9 Å². The molecule has 0 radical (unpaired) electrons. The molecule has 24 heavy (non-hydrogen) atoms. The van der Waals surface area contributed by atoms with E-state index in [4.69, 9.17) is 16.0 Å². The van der Waals surface area contributed by atoms with Crippen molar-refractivity contribution >= 4 is 28.7 Å². The number of nitrogens with zero attached hydrogens (tertiary/aromatic N) is 3. The highest BCUT2D eigenvalue weighted by Crippen LogP contribution is 2.25. The van der Waals surface area contributed by atoms with Crippen LogP contribution >= 0.6 is 11.6 Å². The Balaban J connectivity index is 1.45. The van der Waals surface area contributed by atoms with E-state index in [0.29, 0.717) is 11.0 Å². The summed E-state index contributed by atoms with van der Waals surface area (Å²) in [6.45, 7) is 4.99. The first-order valence-corrected chi connectivity index (χ1v) is 8.73. The molecule has 1 aromatic heterocycles. The molecule has 0 unspecified atom stereocenters. The summed E-state index contributed by atoms with van der Waals surface area (Å²) >= 11 is 6.03. The zero-order valence-electron chi connectivity index (χ0n) is 13.5. The number of hydrogen-bond donors (Lipinski definition) is 0. The van der Waals surface area contributed by atoms with Gasteiger partial charge in [-0.15, -0.1) is 0 Å². The Morgan fingerprint density at radius 3 is 2.75 bits per heavy atom. The average molecular weight is 342 g/mol. The molecule has 2 heterocycles. The van der Waals surface area contributed by atoms with Crippen LogP contribution in [0.15, 0.2) is 52.9 Å². The van der Waals surface area contributed by atoms with Gasteiger partial charge >= 0.3 is 0 Å². The molecule has 4 rings (SSSR count). The SMILES string of the molecule is Clc1ccc2oc(N3CCCN(Cc4ccccc4)CC3)nc2c1. The monoisotopic (exact) mass is 341 g/mol. The lowest BCUT2D eigenvalue weighted by atomic mass is 10.2. The largest absolute Gasteiger partial charge is 0.423 e. The van der Waals surface area contributed by atoms with Crippen molar-refractivity contribution in [1.29, 1.82) is 0 Å². The van der Waals surface area contributed by atoms with Gasteiger partial charge in [-0.25, -0.2) is 0 Å². The molecule has 0 aliphatic carbocycles. The summed E-state index contributed by atoms with van der Waals surface area (Å²) in [5.41, 5.74) is 2.98. The number of fused-ring (bicyclic) bond motifs is 1. The maximum absolute atomic E-state index is 6.03. The minimum Gasteiger partial charge on any atom is -0.423 e. The quantitative estimate of drug-likeness (QED) is 0.715. The molecule has 3 aromatic rings. The van der Waals surface area contributed by atoms with Crippen LogP contribution in [0.5, 0.6) is 0 Å². The fourth-order valence-electron chi connectivity index (χ4n) is 3.19. The Bertz CT molecular complexity index is 818. The molecule has 2 aromatic carbocycles. The first kappa shape index (κ1) is 15.5. The third-order valence-electron chi connectivity index (χ3n) is 4.45. The smallest absolute Gasteiger partial charge is 0.298 e. The van der Waals surface area contributed by atoms with Crippen molar-refractivity contribution in [1.82, 2.24) is 9.88 Å². The molecular weight excluding hydrogens is 322 g/mol. The Labute approximate surface area is 146 Å². The van der Waals surface area contributed by atoms with Crippen LogP contribution in [0.3, 0.4) is 0 Å². The van der Waals surface area contributed by atoms with Gasteiger partial charge in [0.05, 0.1) is 0 Å². The fraction of sp³-hybridized carbons (Fsp3) is 0.316. The van der Waals surface area contributed by atoms with Gasteiger partial charge in [0.1, 0.15) is 5.52 Å².